The fraction of sp³-hybridized carbons (Fsp3) is 0.222. The second kappa shape index (κ2) is 7.36. The summed E-state index contributed by atoms with van der Waals surface area (Å²) in [7, 11) is 0. The number of nitrogens with one attached hydrogen (secondary N) is 2. The summed E-state index contributed by atoms with van der Waals surface area (Å²) < 4.78 is 5.69. The minimum atomic E-state index is -0.0478. The number of aromatic nitrogens is 2. The van der Waals surface area contributed by atoms with Crippen molar-refractivity contribution in [2.75, 3.05) is 11.9 Å². The molecule has 1 aromatic heterocycles. The monoisotopic (exact) mass is 343 g/mol. The van der Waals surface area contributed by atoms with E-state index in [0.29, 0.717) is 30.4 Å². The lowest BCUT2D eigenvalue weighted by atomic mass is 10.2. The van der Waals surface area contributed by atoms with E-state index in [1.54, 1.807) is 6.07 Å². The van der Waals surface area contributed by atoms with E-state index in [4.69, 9.17) is 16.3 Å². The lowest BCUT2D eigenvalue weighted by molar-refractivity contribution is -0.116. The fourth-order valence-corrected chi connectivity index (χ4v) is 2.61. The predicted molar refractivity (Wildman–Crippen MR) is 95.6 cm³/mol. The smallest absolute Gasteiger partial charge is 0.224 e. The number of benzene rings is 2. The molecule has 0 bridgehead atoms. The zero-order valence-electron chi connectivity index (χ0n) is 13.3. The third-order valence-electron chi connectivity index (χ3n) is 3.64. The van der Waals surface area contributed by atoms with Crippen LogP contribution in [0.15, 0.2) is 42.5 Å². The number of hydrogen-bond acceptors (Lipinski definition) is 3. The van der Waals surface area contributed by atoms with Crippen LogP contribution in [0.1, 0.15) is 18.4 Å². The number of halogens is 1. The molecule has 1 heterocycles. The van der Waals surface area contributed by atoms with Crippen molar-refractivity contribution in [2.24, 2.45) is 0 Å². The molecule has 0 spiro atoms. The Balaban J connectivity index is 1.47. The van der Waals surface area contributed by atoms with E-state index in [0.717, 1.165) is 22.3 Å². The molecule has 3 rings (SSSR count). The van der Waals surface area contributed by atoms with E-state index in [9.17, 15) is 4.79 Å². The Morgan fingerprint density at radius 3 is 2.96 bits per heavy atom. The first-order valence-electron chi connectivity index (χ1n) is 7.75. The van der Waals surface area contributed by atoms with Crippen LogP contribution >= 0.6 is 11.6 Å². The molecule has 1 amide bonds. The number of anilines is 1. The van der Waals surface area contributed by atoms with E-state index in [-0.39, 0.29) is 5.91 Å². The van der Waals surface area contributed by atoms with Crippen molar-refractivity contribution in [1.29, 1.82) is 0 Å². The molecule has 0 saturated carbocycles. The van der Waals surface area contributed by atoms with Crippen molar-refractivity contribution < 1.29 is 9.53 Å². The predicted octanol–water partition coefficient (Wildman–Crippen LogP) is 4.32. The molecule has 0 fully saturated rings. The van der Waals surface area contributed by atoms with Crippen LogP contribution in [0.3, 0.4) is 0 Å². The zero-order chi connectivity index (χ0) is 16.9. The molecule has 0 aliphatic carbocycles. The summed E-state index contributed by atoms with van der Waals surface area (Å²) in [4.78, 5) is 19.1. The molecule has 5 nitrogen and oxygen atoms in total. The summed E-state index contributed by atoms with van der Waals surface area (Å²) in [6.07, 6.45) is 1.05. The van der Waals surface area contributed by atoms with Gasteiger partial charge < -0.3 is 15.0 Å². The third kappa shape index (κ3) is 4.06. The number of amides is 1. The Kier molecular flexibility index (Phi) is 5.01. The van der Waals surface area contributed by atoms with Gasteiger partial charge in [0.15, 0.2) is 0 Å². The quantitative estimate of drug-likeness (QED) is 0.655. The zero-order valence-corrected chi connectivity index (χ0v) is 14.1. The van der Waals surface area contributed by atoms with Crippen LogP contribution in [0.4, 0.5) is 5.69 Å². The van der Waals surface area contributed by atoms with Gasteiger partial charge in [0.05, 0.1) is 17.6 Å². The molecule has 6 heteroatoms. The Hall–Kier alpha value is -2.53. The average Bonchev–Trinajstić information content (AvgIpc) is 2.92. The van der Waals surface area contributed by atoms with Gasteiger partial charge >= 0.3 is 0 Å². The van der Waals surface area contributed by atoms with Crippen molar-refractivity contribution in [2.45, 2.75) is 19.8 Å². The van der Waals surface area contributed by atoms with E-state index in [1.807, 2.05) is 43.3 Å². The Morgan fingerprint density at radius 1 is 1.29 bits per heavy atom. The molecule has 2 N–H and O–H groups in total. The Labute approximate surface area is 145 Å². The molecule has 0 atom stereocenters. The number of imidazole rings is 1. The van der Waals surface area contributed by atoms with Crippen LogP contribution < -0.4 is 10.1 Å². The molecular weight excluding hydrogens is 326 g/mol. The van der Waals surface area contributed by atoms with Gasteiger partial charge in [0.2, 0.25) is 11.2 Å². The summed E-state index contributed by atoms with van der Waals surface area (Å²) in [5.41, 5.74) is 3.37. The third-order valence-corrected chi connectivity index (χ3v) is 3.82. The SMILES string of the molecule is Cc1ccccc1OCCCC(=O)Nc1ccc2nc(Cl)[nH]c2c1. The van der Waals surface area contributed by atoms with Gasteiger partial charge in [-0.1, -0.05) is 18.2 Å². The topological polar surface area (TPSA) is 67.0 Å². The second-order valence-electron chi connectivity index (χ2n) is 5.53. The summed E-state index contributed by atoms with van der Waals surface area (Å²) >= 11 is 5.82. The summed E-state index contributed by atoms with van der Waals surface area (Å²) in [5, 5.41) is 3.20. The number of nitrogens with zero attached hydrogens (tertiary/aromatic N) is 1. The second-order valence-corrected chi connectivity index (χ2v) is 5.88. The van der Waals surface area contributed by atoms with Crippen LogP contribution in [-0.2, 0) is 4.79 Å². The first-order valence-corrected chi connectivity index (χ1v) is 8.13. The normalized spacial score (nSPS) is 10.8. The highest BCUT2D eigenvalue weighted by Crippen LogP contribution is 2.19. The van der Waals surface area contributed by atoms with Gasteiger partial charge in [-0.2, -0.15) is 0 Å². The average molecular weight is 344 g/mol. The summed E-state index contributed by atoms with van der Waals surface area (Å²) in [6, 6.07) is 13.3. The maximum absolute atomic E-state index is 12.0. The highest BCUT2D eigenvalue weighted by Gasteiger charge is 2.06. The van der Waals surface area contributed by atoms with Crippen molar-refractivity contribution in [3.05, 3.63) is 53.3 Å². The Morgan fingerprint density at radius 2 is 2.12 bits per heavy atom. The summed E-state index contributed by atoms with van der Waals surface area (Å²) in [6.45, 7) is 2.51. The minimum Gasteiger partial charge on any atom is -0.493 e. The molecule has 3 aromatic rings. The number of ether oxygens (including phenoxy) is 1. The van der Waals surface area contributed by atoms with E-state index in [2.05, 4.69) is 15.3 Å². The number of para-hydroxylation sites is 1. The van der Waals surface area contributed by atoms with Crippen LogP contribution in [0.2, 0.25) is 5.28 Å². The van der Waals surface area contributed by atoms with Crippen molar-refractivity contribution in [3.63, 3.8) is 0 Å². The molecule has 0 aliphatic rings. The maximum atomic E-state index is 12.0. The standard InChI is InChI=1S/C18H18ClN3O2/c1-12-5-2-3-6-16(12)24-10-4-7-17(23)20-13-8-9-14-15(11-13)22-18(19)21-14/h2-3,5-6,8-9,11H,4,7,10H2,1H3,(H,20,23)(H,21,22). The van der Waals surface area contributed by atoms with E-state index in [1.165, 1.54) is 0 Å². The largest absolute Gasteiger partial charge is 0.493 e. The number of aryl methyl sites for hydroxylation is 1. The van der Waals surface area contributed by atoms with Crippen molar-refractivity contribution in [1.82, 2.24) is 9.97 Å². The number of hydrogen-bond donors (Lipinski definition) is 2. The molecule has 2 aromatic carbocycles. The van der Waals surface area contributed by atoms with Gasteiger partial charge in [0, 0.05) is 12.1 Å². The number of rotatable bonds is 6. The van der Waals surface area contributed by atoms with Crippen molar-refractivity contribution in [3.8, 4) is 5.75 Å². The van der Waals surface area contributed by atoms with E-state index >= 15 is 0 Å². The summed E-state index contributed by atoms with van der Waals surface area (Å²) in [5.74, 6) is 0.813. The number of carbonyl (C=O) groups excluding carboxylic acids is 1. The van der Waals surface area contributed by atoms with Gasteiger partial charge in [-0.25, -0.2) is 4.98 Å². The Bertz CT molecular complexity index is 860. The number of fused-ring (bicyclic) bond motifs is 1. The molecule has 24 heavy (non-hydrogen) atoms. The number of H-pyrrole nitrogens is 1. The van der Waals surface area contributed by atoms with Gasteiger partial charge in [0.1, 0.15) is 5.75 Å². The molecular formula is C18H18ClN3O2. The van der Waals surface area contributed by atoms with E-state index < -0.39 is 0 Å². The van der Waals surface area contributed by atoms with Crippen LogP contribution in [0.5, 0.6) is 5.75 Å². The number of aromatic amines is 1. The fourth-order valence-electron chi connectivity index (χ4n) is 2.41. The van der Waals surface area contributed by atoms with Gasteiger partial charge in [-0.05, 0) is 54.8 Å². The van der Waals surface area contributed by atoms with Gasteiger partial charge in [-0.3, -0.25) is 4.79 Å². The van der Waals surface area contributed by atoms with Crippen LogP contribution in [0.25, 0.3) is 11.0 Å². The minimum absolute atomic E-state index is 0.0478. The molecule has 0 unspecified atom stereocenters. The van der Waals surface area contributed by atoms with Crippen LogP contribution in [0, 0.1) is 6.92 Å². The highest BCUT2D eigenvalue weighted by atomic mass is 35.5. The number of carbonyl (C=O) groups is 1. The first kappa shape index (κ1) is 16.3. The lowest BCUT2D eigenvalue weighted by Gasteiger charge is -2.09. The van der Waals surface area contributed by atoms with Crippen LogP contribution in [-0.4, -0.2) is 22.5 Å². The van der Waals surface area contributed by atoms with Gasteiger partial charge in [-0.15, -0.1) is 0 Å². The molecule has 0 aliphatic heterocycles. The highest BCUT2D eigenvalue weighted by molar-refractivity contribution is 6.29. The van der Waals surface area contributed by atoms with Crippen molar-refractivity contribution >= 4 is 34.2 Å². The first-order chi connectivity index (χ1) is 11.6. The maximum Gasteiger partial charge on any atom is 0.224 e. The molecule has 124 valence electrons. The molecule has 0 radical (unpaired) electrons. The molecule has 0 saturated heterocycles. The lowest BCUT2D eigenvalue weighted by Crippen LogP contribution is -2.12. The van der Waals surface area contributed by atoms with Gasteiger partial charge in [0.25, 0.3) is 0 Å².